The minimum Gasteiger partial charge on any atom is -0.396 e. The van der Waals surface area contributed by atoms with Crippen molar-refractivity contribution in [3.8, 4) is 0 Å². The van der Waals surface area contributed by atoms with Gasteiger partial charge in [-0.05, 0) is 29.1 Å². The highest BCUT2D eigenvalue weighted by Gasteiger charge is 2.16. The van der Waals surface area contributed by atoms with Gasteiger partial charge in [-0.2, -0.15) is 0 Å². The van der Waals surface area contributed by atoms with Crippen LogP contribution in [-0.4, -0.2) is 39.2 Å². The van der Waals surface area contributed by atoms with E-state index >= 15 is 0 Å². The lowest BCUT2D eigenvalue weighted by molar-refractivity contribution is 0.262. The molecule has 1 atom stereocenters. The standard InChI is InChI=1S/C20H19FN6O2S2/c21-7-12-2-1-3-14(6-12)26-19(29)27-20-23-9-16(31-20)13(10-28)8-22-18-17-15(4-5-30-17)24-11-25-18/h1-6,9,11,13,28H,7-8,10H2,(H,22,24,25)(H2,23,26,27,29). The molecule has 0 fully saturated rings. The van der Waals surface area contributed by atoms with Gasteiger partial charge in [0, 0.05) is 29.2 Å². The van der Waals surface area contributed by atoms with E-state index in [1.165, 1.54) is 17.7 Å². The number of carbonyl (C=O) groups is 1. The molecule has 31 heavy (non-hydrogen) atoms. The number of aliphatic hydroxyl groups is 1. The smallest absolute Gasteiger partial charge is 0.325 e. The van der Waals surface area contributed by atoms with Crippen LogP contribution in [0.15, 0.2) is 48.2 Å². The zero-order valence-electron chi connectivity index (χ0n) is 16.2. The van der Waals surface area contributed by atoms with Crippen LogP contribution < -0.4 is 16.0 Å². The minimum atomic E-state index is -0.601. The zero-order chi connectivity index (χ0) is 21.6. The number of thiazole rings is 1. The molecule has 3 aromatic heterocycles. The number of aliphatic hydroxyl groups excluding tert-OH is 1. The summed E-state index contributed by atoms with van der Waals surface area (Å²) >= 11 is 2.83. The lowest BCUT2D eigenvalue weighted by Crippen LogP contribution is -2.19. The number of halogens is 1. The Labute approximate surface area is 185 Å². The van der Waals surface area contributed by atoms with Gasteiger partial charge in [-0.3, -0.25) is 5.32 Å². The second-order valence-corrected chi connectivity index (χ2v) is 8.58. The fourth-order valence-corrected chi connectivity index (χ4v) is 4.63. The van der Waals surface area contributed by atoms with Gasteiger partial charge < -0.3 is 15.7 Å². The van der Waals surface area contributed by atoms with Crippen molar-refractivity contribution in [3.05, 3.63) is 58.7 Å². The summed E-state index contributed by atoms with van der Waals surface area (Å²) in [5, 5.41) is 20.8. The molecule has 8 nitrogen and oxygen atoms in total. The number of amides is 2. The summed E-state index contributed by atoms with van der Waals surface area (Å²) in [4.78, 5) is 25.8. The summed E-state index contributed by atoms with van der Waals surface area (Å²) in [7, 11) is 0. The third-order valence-electron chi connectivity index (χ3n) is 4.47. The van der Waals surface area contributed by atoms with Crippen molar-refractivity contribution >= 4 is 55.6 Å². The van der Waals surface area contributed by atoms with E-state index in [-0.39, 0.29) is 12.5 Å². The lowest BCUT2D eigenvalue weighted by Gasteiger charge is -2.13. The molecule has 0 spiro atoms. The van der Waals surface area contributed by atoms with Crippen molar-refractivity contribution in [1.82, 2.24) is 15.0 Å². The van der Waals surface area contributed by atoms with Gasteiger partial charge in [-0.15, -0.1) is 22.7 Å². The van der Waals surface area contributed by atoms with Gasteiger partial charge in [-0.1, -0.05) is 12.1 Å². The first-order valence-electron chi connectivity index (χ1n) is 9.38. The Morgan fingerprint density at radius 1 is 1.19 bits per heavy atom. The van der Waals surface area contributed by atoms with Gasteiger partial charge in [0.15, 0.2) is 5.13 Å². The van der Waals surface area contributed by atoms with E-state index in [1.54, 1.807) is 41.8 Å². The number of alkyl halides is 1. The quantitative estimate of drug-likeness (QED) is 0.310. The summed E-state index contributed by atoms with van der Waals surface area (Å²) in [5.41, 5.74) is 1.85. The van der Waals surface area contributed by atoms with Crippen LogP contribution in [0.25, 0.3) is 10.2 Å². The highest BCUT2D eigenvalue weighted by Crippen LogP contribution is 2.28. The van der Waals surface area contributed by atoms with Gasteiger partial charge in [0.25, 0.3) is 0 Å². The first-order chi connectivity index (χ1) is 15.2. The van der Waals surface area contributed by atoms with E-state index in [0.29, 0.717) is 22.9 Å². The largest absolute Gasteiger partial charge is 0.396 e. The average molecular weight is 459 g/mol. The molecule has 1 aromatic carbocycles. The molecule has 11 heteroatoms. The minimum absolute atomic E-state index is 0.0878. The van der Waals surface area contributed by atoms with Gasteiger partial charge in [0.05, 0.1) is 16.8 Å². The topological polar surface area (TPSA) is 112 Å². The molecule has 0 aliphatic carbocycles. The van der Waals surface area contributed by atoms with Crippen LogP contribution in [0.5, 0.6) is 0 Å². The molecule has 0 saturated heterocycles. The van der Waals surface area contributed by atoms with E-state index in [2.05, 4.69) is 30.9 Å². The van der Waals surface area contributed by atoms with E-state index < -0.39 is 12.7 Å². The predicted molar refractivity (Wildman–Crippen MR) is 122 cm³/mol. The van der Waals surface area contributed by atoms with Gasteiger partial charge >= 0.3 is 6.03 Å². The average Bonchev–Trinajstić information content (AvgIpc) is 3.44. The third-order valence-corrected chi connectivity index (χ3v) is 6.45. The highest BCUT2D eigenvalue weighted by atomic mass is 32.1. The molecule has 4 rings (SSSR count). The number of benzene rings is 1. The van der Waals surface area contributed by atoms with Crippen molar-refractivity contribution in [3.63, 3.8) is 0 Å². The maximum atomic E-state index is 12.8. The highest BCUT2D eigenvalue weighted by molar-refractivity contribution is 7.17. The Morgan fingerprint density at radius 2 is 2.10 bits per heavy atom. The third kappa shape index (κ3) is 5.13. The van der Waals surface area contributed by atoms with E-state index in [1.807, 2.05) is 11.4 Å². The Hall–Kier alpha value is -3.15. The van der Waals surface area contributed by atoms with Gasteiger partial charge in [-0.25, -0.2) is 24.1 Å². The van der Waals surface area contributed by atoms with Crippen molar-refractivity contribution in [1.29, 1.82) is 0 Å². The van der Waals surface area contributed by atoms with Crippen LogP contribution in [0.1, 0.15) is 16.4 Å². The second-order valence-electron chi connectivity index (χ2n) is 6.60. The molecule has 0 aliphatic rings. The Bertz CT molecular complexity index is 1180. The van der Waals surface area contributed by atoms with Crippen LogP contribution in [-0.2, 0) is 6.67 Å². The second kappa shape index (κ2) is 9.77. The molecule has 4 N–H and O–H groups in total. The monoisotopic (exact) mass is 458 g/mol. The molecule has 0 aliphatic heterocycles. The molecule has 160 valence electrons. The molecule has 2 amide bonds. The molecule has 0 bridgehead atoms. The SMILES string of the molecule is O=C(Nc1cccc(CF)c1)Nc1ncc(C(CO)CNc2ncnc3ccsc23)s1. The number of thiophene rings is 1. The number of rotatable bonds is 8. The Kier molecular flexibility index (Phi) is 6.65. The maximum Gasteiger partial charge on any atom is 0.325 e. The first-order valence-corrected chi connectivity index (χ1v) is 11.1. The van der Waals surface area contributed by atoms with Crippen molar-refractivity contribution in [2.75, 3.05) is 29.1 Å². The number of hydrogen-bond acceptors (Lipinski definition) is 8. The normalized spacial score (nSPS) is 11.9. The number of nitrogens with zero attached hydrogens (tertiary/aromatic N) is 3. The first kappa shape index (κ1) is 21.1. The molecule has 3 heterocycles. The van der Waals surface area contributed by atoms with Gasteiger partial charge in [0.2, 0.25) is 0 Å². The molecule has 1 unspecified atom stereocenters. The summed E-state index contributed by atoms with van der Waals surface area (Å²) in [6, 6.07) is 8.01. The van der Waals surface area contributed by atoms with Crippen LogP contribution in [0.2, 0.25) is 0 Å². The molecule has 0 radical (unpaired) electrons. The number of carbonyl (C=O) groups excluding carboxylic acids is 1. The number of aromatic nitrogens is 3. The molecule has 0 saturated carbocycles. The number of urea groups is 1. The maximum absolute atomic E-state index is 12.8. The zero-order valence-corrected chi connectivity index (χ0v) is 17.8. The fraction of sp³-hybridized carbons (Fsp3) is 0.200. The van der Waals surface area contributed by atoms with Crippen LogP contribution in [0.3, 0.4) is 0 Å². The molecular formula is C20H19FN6O2S2. The summed E-state index contributed by atoms with van der Waals surface area (Å²) in [6.45, 7) is -0.240. The van der Waals surface area contributed by atoms with E-state index in [9.17, 15) is 14.3 Å². The predicted octanol–water partition coefficient (Wildman–Crippen LogP) is 4.45. The fourth-order valence-electron chi connectivity index (χ4n) is 2.91. The summed E-state index contributed by atoms with van der Waals surface area (Å²) in [5.74, 6) is 0.499. The van der Waals surface area contributed by atoms with E-state index in [4.69, 9.17) is 0 Å². The van der Waals surface area contributed by atoms with Crippen LogP contribution in [0.4, 0.5) is 25.8 Å². The molecular weight excluding hydrogens is 439 g/mol. The number of fused-ring (bicyclic) bond motifs is 1. The lowest BCUT2D eigenvalue weighted by atomic mass is 10.1. The number of hydrogen-bond donors (Lipinski definition) is 4. The number of anilines is 3. The van der Waals surface area contributed by atoms with Crippen LogP contribution >= 0.6 is 22.7 Å². The summed E-state index contributed by atoms with van der Waals surface area (Å²) < 4.78 is 13.7. The van der Waals surface area contributed by atoms with E-state index in [0.717, 1.165) is 20.9 Å². The van der Waals surface area contributed by atoms with Crippen molar-refractivity contribution in [2.45, 2.75) is 12.6 Å². The molecule has 4 aromatic rings. The Balaban J connectivity index is 1.37. The summed E-state index contributed by atoms with van der Waals surface area (Å²) in [6.07, 6.45) is 3.13. The van der Waals surface area contributed by atoms with Crippen LogP contribution in [0, 0.1) is 0 Å². The van der Waals surface area contributed by atoms with Crippen molar-refractivity contribution in [2.24, 2.45) is 0 Å². The number of nitrogens with one attached hydrogen (secondary N) is 3. The Morgan fingerprint density at radius 3 is 2.94 bits per heavy atom. The van der Waals surface area contributed by atoms with Crippen molar-refractivity contribution < 1.29 is 14.3 Å². The van der Waals surface area contributed by atoms with Gasteiger partial charge in [0.1, 0.15) is 18.8 Å².